The summed E-state index contributed by atoms with van der Waals surface area (Å²) in [6.07, 6.45) is 0.819. The third kappa shape index (κ3) is 5.13. The maximum atomic E-state index is 13.0. The zero-order chi connectivity index (χ0) is 23.3. The van der Waals surface area contributed by atoms with Crippen LogP contribution in [0.1, 0.15) is 25.1 Å². The van der Waals surface area contributed by atoms with Crippen LogP contribution in [0.3, 0.4) is 0 Å². The van der Waals surface area contributed by atoms with Crippen molar-refractivity contribution in [1.82, 2.24) is 9.36 Å². The third-order valence-electron chi connectivity index (χ3n) is 5.31. The molecule has 0 aliphatic heterocycles. The highest BCUT2D eigenvalue weighted by Gasteiger charge is 2.22. The van der Waals surface area contributed by atoms with Crippen LogP contribution in [0.2, 0.25) is 0 Å². The number of nitrogens with zero attached hydrogens (tertiary/aromatic N) is 2. The lowest BCUT2D eigenvalue weighted by atomic mass is 10.1. The van der Waals surface area contributed by atoms with Crippen molar-refractivity contribution in [2.24, 2.45) is 7.05 Å². The molecule has 1 atom stereocenters. The van der Waals surface area contributed by atoms with Crippen molar-refractivity contribution >= 4 is 35.0 Å². The molecule has 2 N–H and O–H groups in total. The fraction of sp³-hybridized carbons (Fsp3) is 0.292. The van der Waals surface area contributed by atoms with Gasteiger partial charge in [-0.2, -0.15) is 0 Å². The third-order valence-corrected chi connectivity index (χ3v) is 6.45. The quantitative estimate of drug-likeness (QED) is 0.545. The second-order valence-electron chi connectivity index (χ2n) is 7.44. The van der Waals surface area contributed by atoms with Gasteiger partial charge in [-0.05, 0) is 44.0 Å². The van der Waals surface area contributed by atoms with E-state index >= 15 is 0 Å². The van der Waals surface area contributed by atoms with Gasteiger partial charge >= 0.3 is 0 Å². The molecule has 1 unspecified atom stereocenters. The summed E-state index contributed by atoms with van der Waals surface area (Å²) < 4.78 is 3.23. The van der Waals surface area contributed by atoms with Crippen LogP contribution in [0.5, 0.6) is 0 Å². The summed E-state index contributed by atoms with van der Waals surface area (Å²) in [7, 11) is 1.77. The van der Waals surface area contributed by atoms with Crippen molar-refractivity contribution in [3.8, 4) is 5.69 Å². The number of nitrogens with one attached hydrogen (secondary N) is 2. The van der Waals surface area contributed by atoms with Gasteiger partial charge in [-0.1, -0.05) is 43.3 Å². The molecule has 7 nitrogen and oxygen atoms in total. The van der Waals surface area contributed by atoms with E-state index in [4.69, 9.17) is 0 Å². The molecule has 0 radical (unpaired) electrons. The normalized spacial score (nSPS) is 11.8. The molecule has 0 aliphatic carbocycles. The molecule has 168 valence electrons. The first-order valence-electron chi connectivity index (χ1n) is 10.5. The van der Waals surface area contributed by atoms with Crippen molar-refractivity contribution in [1.29, 1.82) is 0 Å². The van der Waals surface area contributed by atoms with E-state index in [1.165, 1.54) is 16.4 Å². The number of rotatable bonds is 8. The Morgan fingerprint density at radius 1 is 1.03 bits per heavy atom. The van der Waals surface area contributed by atoms with Gasteiger partial charge in [0.25, 0.3) is 5.56 Å². The first kappa shape index (κ1) is 23.4. The summed E-state index contributed by atoms with van der Waals surface area (Å²) in [5, 5.41) is 5.15. The number of amides is 2. The molecular weight excluding hydrogens is 424 g/mol. The maximum Gasteiger partial charge on any atom is 0.295 e. The number of aromatic nitrogens is 2. The zero-order valence-corrected chi connectivity index (χ0v) is 19.5. The Hall–Kier alpha value is -3.26. The van der Waals surface area contributed by atoms with Crippen LogP contribution < -0.4 is 16.2 Å². The minimum absolute atomic E-state index is 0.134. The number of carbonyl (C=O) groups excluding carboxylic acids is 2. The number of anilines is 2. The van der Waals surface area contributed by atoms with Gasteiger partial charge in [0.05, 0.1) is 22.4 Å². The van der Waals surface area contributed by atoms with Crippen molar-refractivity contribution in [2.75, 3.05) is 16.4 Å². The van der Waals surface area contributed by atoms with E-state index in [1.54, 1.807) is 25.6 Å². The molecule has 32 heavy (non-hydrogen) atoms. The SMILES string of the molecule is CCc1ccccc1NC(=O)CSC(C)C(=O)Nc1c(C)n(C)n(-c2ccccc2)c1=O. The van der Waals surface area contributed by atoms with Gasteiger partial charge < -0.3 is 10.6 Å². The molecule has 8 heteroatoms. The Morgan fingerprint density at radius 3 is 2.38 bits per heavy atom. The number of benzene rings is 2. The highest BCUT2D eigenvalue weighted by molar-refractivity contribution is 8.01. The van der Waals surface area contributed by atoms with Crippen molar-refractivity contribution < 1.29 is 9.59 Å². The van der Waals surface area contributed by atoms with Gasteiger partial charge in [0.15, 0.2) is 0 Å². The summed E-state index contributed by atoms with van der Waals surface area (Å²) >= 11 is 1.22. The van der Waals surface area contributed by atoms with Crippen LogP contribution in [0.4, 0.5) is 11.4 Å². The number of hydrogen-bond acceptors (Lipinski definition) is 4. The van der Waals surface area contributed by atoms with E-state index in [0.29, 0.717) is 5.69 Å². The lowest BCUT2D eigenvalue weighted by Crippen LogP contribution is -2.28. The highest BCUT2D eigenvalue weighted by Crippen LogP contribution is 2.19. The van der Waals surface area contributed by atoms with Crippen LogP contribution in [-0.2, 0) is 23.1 Å². The number of para-hydroxylation sites is 2. The second kappa shape index (κ2) is 10.4. The maximum absolute atomic E-state index is 13.0. The van der Waals surface area contributed by atoms with Crippen LogP contribution in [0.15, 0.2) is 59.4 Å². The molecule has 2 aromatic carbocycles. The highest BCUT2D eigenvalue weighted by atomic mass is 32.2. The smallest absolute Gasteiger partial charge is 0.295 e. The average Bonchev–Trinajstić information content (AvgIpc) is 3.01. The van der Waals surface area contributed by atoms with Gasteiger partial charge in [-0.25, -0.2) is 4.68 Å². The number of aryl methyl sites for hydroxylation is 1. The summed E-state index contributed by atoms with van der Waals surface area (Å²) in [6.45, 7) is 5.54. The monoisotopic (exact) mass is 452 g/mol. The molecule has 3 rings (SSSR count). The Balaban J connectivity index is 1.64. The predicted octanol–water partition coefficient (Wildman–Crippen LogP) is 3.75. The first-order chi connectivity index (χ1) is 15.3. The number of hydrogen-bond donors (Lipinski definition) is 2. The van der Waals surface area contributed by atoms with Crippen LogP contribution in [0, 0.1) is 6.92 Å². The minimum Gasteiger partial charge on any atom is -0.325 e. The predicted molar refractivity (Wildman–Crippen MR) is 131 cm³/mol. The standard InChI is InChI=1S/C24H28N4O3S/c1-5-18-11-9-10-14-20(18)25-21(29)15-32-17(3)23(30)26-22-16(2)27(4)28(24(22)31)19-12-7-6-8-13-19/h6-14,17H,5,15H2,1-4H3,(H,25,29)(H,26,30). The minimum atomic E-state index is -0.508. The molecule has 1 aromatic heterocycles. The largest absolute Gasteiger partial charge is 0.325 e. The molecule has 0 bridgehead atoms. The topological polar surface area (TPSA) is 85.1 Å². The summed E-state index contributed by atoms with van der Waals surface area (Å²) in [5.41, 5.74) is 3.17. The molecule has 2 amide bonds. The first-order valence-corrected chi connectivity index (χ1v) is 11.5. The molecule has 0 aliphatic rings. The Morgan fingerprint density at radius 2 is 1.69 bits per heavy atom. The van der Waals surface area contributed by atoms with E-state index in [1.807, 2.05) is 61.5 Å². The van der Waals surface area contributed by atoms with Crippen LogP contribution >= 0.6 is 11.8 Å². The van der Waals surface area contributed by atoms with Gasteiger partial charge in [-0.15, -0.1) is 11.8 Å². The lowest BCUT2D eigenvalue weighted by Gasteiger charge is -2.13. The molecule has 0 saturated heterocycles. The van der Waals surface area contributed by atoms with Crippen molar-refractivity contribution in [3.05, 3.63) is 76.2 Å². The number of thioether (sulfide) groups is 1. The van der Waals surface area contributed by atoms with E-state index < -0.39 is 5.25 Å². The van der Waals surface area contributed by atoms with Crippen LogP contribution in [0.25, 0.3) is 5.69 Å². The fourth-order valence-corrected chi connectivity index (χ4v) is 4.03. The van der Waals surface area contributed by atoms with E-state index in [0.717, 1.165) is 23.4 Å². The van der Waals surface area contributed by atoms with Crippen molar-refractivity contribution in [3.63, 3.8) is 0 Å². The van der Waals surface area contributed by atoms with Crippen molar-refractivity contribution in [2.45, 2.75) is 32.4 Å². The lowest BCUT2D eigenvalue weighted by molar-refractivity contribution is -0.115. The molecule has 0 spiro atoms. The molecule has 0 saturated carbocycles. The summed E-state index contributed by atoms with van der Waals surface area (Å²) in [6, 6.07) is 16.9. The fourth-order valence-electron chi connectivity index (χ4n) is 3.35. The Bertz CT molecular complexity index is 1170. The summed E-state index contributed by atoms with van der Waals surface area (Å²) in [5.74, 6) is -0.352. The van der Waals surface area contributed by atoms with E-state index in [9.17, 15) is 14.4 Å². The van der Waals surface area contributed by atoms with E-state index in [-0.39, 0.29) is 28.8 Å². The van der Waals surface area contributed by atoms with E-state index in [2.05, 4.69) is 10.6 Å². The number of carbonyl (C=O) groups is 2. The zero-order valence-electron chi connectivity index (χ0n) is 18.7. The molecule has 3 aromatic rings. The van der Waals surface area contributed by atoms with Gasteiger partial charge in [-0.3, -0.25) is 19.1 Å². The van der Waals surface area contributed by atoms with Crippen LogP contribution in [-0.4, -0.2) is 32.2 Å². The summed E-state index contributed by atoms with van der Waals surface area (Å²) in [4.78, 5) is 38.0. The second-order valence-corrected chi connectivity index (χ2v) is 8.77. The Kier molecular flexibility index (Phi) is 7.58. The van der Waals surface area contributed by atoms with Gasteiger partial charge in [0, 0.05) is 12.7 Å². The van der Waals surface area contributed by atoms with Gasteiger partial charge in [0.2, 0.25) is 11.8 Å². The molecule has 1 heterocycles. The molecular formula is C24H28N4O3S. The Labute approximate surface area is 191 Å². The molecule has 0 fully saturated rings. The average molecular weight is 453 g/mol. The van der Waals surface area contributed by atoms with Gasteiger partial charge in [0.1, 0.15) is 5.69 Å².